The van der Waals surface area contributed by atoms with Crippen molar-refractivity contribution in [2.45, 2.75) is 31.4 Å². The second-order valence-corrected chi connectivity index (χ2v) is 4.41. The summed E-state index contributed by atoms with van der Waals surface area (Å²) in [5, 5.41) is 14.0. The number of nitro benzene ring substituents is 1. The molecule has 5 nitrogen and oxygen atoms in total. The number of nitro groups is 1. The number of rotatable bonds is 4. The number of hydrogen-bond acceptors (Lipinski definition) is 4. The summed E-state index contributed by atoms with van der Waals surface area (Å²) in [6.45, 7) is 0. The molecular weight excluding hydrogens is 239 g/mol. The molecule has 0 bridgehead atoms. The topological polar surface area (TPSA) is 64.4 Å². The third kappa shape index (κ3) is 2.76. The van der Waals surface area contributed by atoms with Crippen LogP contribution in [0.3, 0.4) is 0 Å². The molecule has 1 aliphatic rings. The molecular formula is C12H15FN2O3. The fourth-order valence-corrected chi connectivity index (χ4v) is 2.22. The minimum absolute atomic E-state index is 0.0155. The van der Waals surface area contributed by atoms with Gasteiger partial charge >= 0.3 is 5.69 Å². The van der Waals surface area contributed by atoms with Gasteiger partial charge in [-0.15, -0.1) is 0 Å². The molecule has 0 unspecified atom stereocenters. The van der Waals surface area contributed by atoms with Crippen LogP contribution in [0.15, 0.2) is 18.2 Å². The van der Waals surface area contributed by atoms with Crippen molar-refractivity contribution in [3.63, 3.8) is 0 Å². The van der Waals surface area contributed by atoms with Gasteiger partial charge in [0.2, 0.25) is 0 Å². The highest BCUT2D eigenvalue weighted by Crippen LogP contribution is 2.31. The highest BCUT2D eigenvalue weighted by atomic mass is 19.1. The number of nitrogens with one attached hydrogen (secondary N) is 1. The van der Waals surface area contributed by atoms with Gasteiger partial charge in [-0.1, -0.05) is 0 Å². The van der Waals surface area contributed by atoms with Gasteiger partial charge in [-0.25, -0.2) is 4.39 Å². The first kappa shape index (κ1) is 12.8. The van der Waals surface area contributed by atoms with Crippen molar-refractivity contribution in [1.29, 1.82) is 0 Å². The van der Waals surface area contributed by atoms with Gasteiger partial charge < -0.3 is 10.1 Å². The standard InChI is InChI=1S/C12H15FN2O3/c1-14-9-3-4-10(7-9)18-12-6-8(13)2-5-11(12)15(16)17/h2,5-6,9-10,14H,3-4,7H2,1H3/t9-,10-/m0/s1. The molecule has 1 fully saturated rings. The second kappa shape index (κ2) is 5.30. The van der Waals surface area contributed by atoms with E-state index in [1.54, 1.807) is 0 Å². The average Bonchev–Trinajstić information content (AvgIpc) is 2.76. The molecule has 1 aromatic carbocycles. The molecule has 1 aliphatic carbocycles. The summed E-state index contributed by atoms with van der Waals surface area (Å²) < 4.78 is 18.7. The third-order valence-corrected chi connectivity index (χ3v) is 3.20. The van der Waals surface area contributed by atoms with Crippen LogP contribution in [0.4, 0.5) is 10.1 Å². The maximum Gasteiger partial charge on any atom is 0.311 e. The molecule has 1 saturated carbocycles. The van der Waals surface area contributed by atoms with Crippen molar-refractivity contribution in [3.8, 4) is 5.75 Å². The van der Waals surface area contributed by atoms with Crippen molar-refractivity contribution >= 4 is 5.69 Å². The van der Waals surface area contributed by atoms with Crippen LogP contribution in [-0.4, -0.2) is 24.1 Å². The first-order valence-corrected chi connectivity index (χ1v) is 5.88. The first-order valence-electron chi connectivity index (χ1n) is 5.88. The van der Waals surface area contributed by atoms with Crippen molar-refractivity contribution in [1.82, 2.24) is 5.32 Å². The molecule has 0 spiro atoms. The molecule has 1 N–H and O–H groups in total. The second-order valence-electron chi connectivity index (χ2n) is 4.41. The number of benzene rings is 1. The number of hydrogen-bond donors (Lipinski definition) is 1. The molecule has 98 valence electrons. The van der Waals surface area contributed by atoms with Gasteiger partial charge in [0.1, 0.15) is 11.9 Å². The molecule has 2 rings (SSSR count). The lowest BCUT2D eigenvalue weighted by Crippen LogP contribution is -2.23. The van der Waals surface area contributed by atoms with Crippen LogP contribution in [0.5, 0.6) is 5.75 Å². The fraction of sp³-hybridized carbons (Fsp3) is 0.500. The van der Waals surface area contributed by atoms with Crippen LogP contribution >= 0.6 is 0 Å². The van der Waals surface area contributed by atoms with E-state index in [9.17, 15) is 14.5 Å². The quantitative estimate of drug-likeness (QED) is 0.661. The summed E-state index contributed by atoms with van der Waals surface area (Å²) in [7, 11) is 1.87. The van der Waals surface area contributed by atoms with Gasteiger partial charge in [-0.2, -0.15) is 0 Å². The van der Waals surface area contributed by atoms with Crippen LogP contribution in [0, 0.1) is 15.9 Å². The van der Waals surface area contributed by atoms with Gasteiger partial charge in [0.25, 0.3) is 0 Å². The summed E-state index contributed by atoms with van der Waals surface area (Å²) in [6, 6.07) is 3.64. The molecule has 6 heteroatoms. The normalized spacial score (nSPS) is 23.0. The van der Waals surface area contributed by atoms with E-state index < -0.39 is 10.7 Å². The fourth-order valence-electron chi connectivity index (χ4n) is 2.22. The minimum atomic E-state index is -0.556. The predicted octanol–water partition coefficient (Wildman–Crippen LogP) is 2.25. The monoisotopic (exact) mass is 254 g/mol. The van der Waals surface area contributed by atoms with Crippen LogP contribution in [0.1, 0.15) is 19.3 Å². The Kier molecular flexibility index (Phi) is 3.76. The molecule has 2 atom stereocenters. The zero-order valence-electron chi connectivity index (χ0n) is 10.1. The SMILES string of the molecule is CN[C@H]1CC[C@H](Oc2cc(F)ccc2[N+](=O)[O-])C1. The molecule has 0 heterocycles. The summed E-state index contributed by atoms with van der Waals surface area (Å²) in [4.78, 5) is 10.3. The summed E-state index contributed by atoms with van der Waals surface area (Å²) in [5.74, 6) is -0.513. The van der Waals surface area contributed by atoms with E-state index in [4.69, 9.17) is 4.74 Å². The van der Waals surface area contributed by atoms with E-state index >= 15 is 0 Å². The molecule has 0 radical (unpaired) electrons. The third-order valence-electron chi connectivity index (χ3n) is 3.20. The van der Waals surface area contributed by atoms with Crippen LogP contribution in [-0.2, 0) is 0 Å². The number of ether oxygens (including phenoxy) is 1. The Morgan fingerprint density at radius 2 is 2.28 bits per heavy atom. The van der Waals surface area contributed by atoms with Gasteiger partial charge in [-0.3, -0.25) is 10.1 Å². The summed E-state index contributed by atoms with van der Waals surface area (Å²) in [5.41, 5.74) is -0.190. The Hall–Kier alpha value is -1.69. The van der Waals surface area contributed by atoms with Crippen molar-refractivity contribution in [3.05, 3.63) is 34.1 Å². The highest BCUT2D eigenvalue weighted by molar-refractivity contribution is 5.46. The Labute approximate surface area is 104 Å². The summed E-state index contributed by atoms with van der Waals surface area (Å²) in [6.07, 6.45) is 2.47. The van der Waals surface area contributed by atoms with E-state index in [1.165, 1.54) is 0 Å². The molecule has 0 aromatic heterocycles. The predicted molar refractivity (Wildman–Crippen MR) is 64.2 cm³/mol. The zero-order valence-corrected chi connectivity index (χ0v) is 10.1. The molecule has 0 amide bonds. The lowest BCUT2D eigenvalue weighted by molar-refractivity contribution is -0.386. The minimum Gasteiger partial charge on any atom is -0.483 e. The lowest BCUT2D eigenvalue weighted by Gasteiger charge is -2.14. The molecule has 18 heavy (non-hydrogen) atoms. The van der Waals surface area contributed by atoms with Gasteiger partial charge in [0, 0.05) is 18.2 Å². The lowest BCUT2D eigenvalue weighted by atomic mass is 10.2. The van der Waals surface area contributed by atoms with Gasteiger partial charge in [-0.05, 0) is 32.4 Å². The highest BCUT2D eigenvalue weighted by Gasteiger charge is 2.27. The van der Waals surface area contributed by atoms with Crippen molar-refractivity contribution < 1.29 is 14.1 Å². The Morgan fingerprint density at radius 1 is 1.50 bits per heavy atom. The Balaban J connectivity index is 2.13. The van der Waals surface area contributed by atoms with E-state index in [0.29, 0.717) is 6.04 Å². The molecule has 0 saturated heterocycles. The number of halogens is 1. The number of nitrogens with zero attached hydrogens (tertiary/aromatic N) is 1. The largest absolute Gasteiger partial charge is 0.483 e. The van der Waals surface area contributed by atoms with Crippen LogP contribution in [0.2, 0.25) is 0 Å². The van der Waals surface area contributed by atoms with E-state index in [0.717, 1.165) is 37.5 Å². The molecule has 0 aliphatic heterocycles. The van der Waals surface area contributed by atoms with Crippen molar-refractivity contribution in [2.75, 3.05) is 7.05 Å². The van der Waals surface area contributed by atoms with Crippen LogP contribution in [0.25, 0.3) is 0 Å². The van der Waals surface area contributed by atoms with E-state index in [-0.39, 0.29) is 17.5 Å². The average molecular weight is 254 g/mol. The Morgan fingerprint density at radius 3 is 2.89 bits per heavy atom. The Bertz CT molecular complexity index is 453. The van der Waals surface area contributed by atoms with Gasteiger partial charge in [0.15, 0.2) is 5.75 Å². The molecule has 1 aromatic rings. The summed E-state index contributed by atoms with van der Waals surface area (Å²) >= 11 is 0. The maximum atomic E-state index is 13.1. The van der Waals surface area contributed by atoms with E-state index in [2.05, 4.69) is 5.32 Å². The van der Waals surface area contributed by atoms with E-state index in [1.807, 2.05) is 7.05 Å². The first-order chi connectivity index (χ1) is 8.60. The zero-order chi connectivity index (χ0) is 13.1. The van der Waals surface area contributed by atoms with Crippen LogP contribution < -0.4 is 10.1 Å². The van der Waals surface area contributed by atoms with Crippen molar-refractivity contribution in [2.24, 2.45) is 0 Å². The maximum absolute atomic E-state index is 13.1. The van der Waals surface area contributed by atoms with Gasteiger partial charge in [0.05, 0.1) is 4.92 Å². The smallest absolute Gasteiger partial charge is 0.311 e.